The van der Waals surface area contributed by atoms with Crippen LogP contribution in [-0.4, -0.2) is 102 Å². The van der Waals surface area contributed by atoms with E-state index >= 15 is 0 Å². The van der Waals surface area contributed by atoms with Gasteiger partial charge in [-0.15, -0.1) is 5.10 Å². The molecule has 1 aromatic carbocycles. The number of unbranched alkanes of at least 4 members (excludes halogenated alkanes) is 1. The summed E-state index contributed by atoms with van der Waals surface area (Å²) < 4.78 is 12.4. The summed E-state index contributed by atoms with van der Waals surface area (Å²) in [5.74, 6) is 0.0696. The zero-order valence-corrected chi connectivity index (χ0v) is 24.0. The average molecular weight is 561 g/mol. The fraction of sp³-hybridized carbons (Fsp3) is 0.643. The zero-order chi connectivity index (χ0) is 27.8. The summed E-state index contributed by atoms with van der Waals surface area (Å²) in [4.78, 5) is 31.3. The van der Waals surface area contributed by atoms with E-state index in [2.05, 4.69) is 29.5 Å². The first-order chi connectivity index (χ1) is 18.9. The monoisotopic (exact) mass is 560 g/mol. The van der Waals surface area contributed by atoms with E-state index in [4.69, 9.17) is 21.1 Å². The van der Waals surface area contributed by atoms with Crippen molar-refractivity contribution in [1.82, 2.24) is 30.1 Å². The minimum Gasteiger partial charge on any atom is -0.385 e. The third-order valence-corrected chi connectivity index (χ3v) is 7.56. The number of piperidine rings is 1. The van der Waals surface area contributed by atoms with E-state index in [1.165, 1.54) is 0 Å². The summed E-state index contributed by atoms with van der Waals surface area (Å²) in [6, 6.07) is 7.25. The van der Waals surface area contributed by atoms with Gasteiger partial charge in [0.25, 0.3) is 5.91 Å². The minimum atomic E-state index is -0.178. The molecule has 0 bridgehead atoms. The SMILES string of the molecule is COCCCCc1c(C(=O)N(CC(C)C)[C@@H]2CNC[C@H](C(=O)N3CCOCC3)C2)nnn1-c1ccc(Cl)cc1. The molecule has 10 nitrogen and oxygen atoms in total. The van der Waals surface area contributed by atoms with Gasteiger partial charge >= 0.3 is 0 Å². The van der Waals surface area contributed by atoms with Crippen molar-refractivity contribution < 1.29 is 19.1 Å². The lowest BCUT2D eigenvalue weighted by Crippen LogP contribution is -2.56. The summed E-state index contributed by atoms with van der Waals surface area (Å²) in [6.07, 6.45) is 2.96. The van der Waals surface area contributed by atoms with Crippen LogP contribution in [0.4, 0.5) is 0 Å². The van der Waals surface area contributed by atoms with Crippen molar-refractivity contribution in [2.24, 2.45) is 11.8 Å². The number of rotatable bonds is 11. The standard InChI is InChI=1S/C28H41ClN6O4/c1-20(2)19-34(24-16-21(17-30-18-24)27(36)33-11-14-39-15-12-33)28(37)26-25(6-4-5-13-38-3)35(32-31-26)23-9-7-22(29)8-10-23/h7-10,20-21,24,30H,4-6,11-19H2,1-3H3/t21-,24+/m1/s1. The van der Waals surface area contributed by atoms with Gasteiger partial charge in [0.15, 0.2) is 5.69 Å². The van der Waals surface area contributed by atoms with Crippen LogP contribution >= 0.6 is 11.6 Å². The number of aromatic nitrogens is 3. The molecule has 2 aliphatic heterocycles. The van der Waals surface area contributed by atoms with Crippen LogP contribution in [-0.2, 0) is 20.7 Å². The molecule has 2 amide bonds. The third-order valence-electron chi connectivity index (χ3n) is 7.31. The number of halogens is 1. The molecule has 3 heterocycles. The Morgan fingerprint density at radius 1 is 1.18 bits per heavy atom. The molecular weight excluding hydrogens is 520 g/mol. The lowest BCUT2D eigenvalue weighted by Gasteiger charge is -2.40. The molecule has 2 fully saturated rings. The molecule has 1 aromatic heterocycles. The Morgan fingerprint density at radius 3 is 2.62 bits per heavy atom. The molecule has 0 saturated carbocycles. The number of methoxy groups -OCH3 is 1. The van der Waals surface area contributed by atoms with Crippen LogP contribution < -0.4 is 5.32 Å². The summed E-state index contributed by atoms with van der Waals surface area (Å²) in [7, 11) is 1.69. The maximum atomic E-state index is 14.2. The number of carbonyl (C=O) groups excluding carboxylic acids is 2. The van der Waals surface area contributed by atoms with Crippen molar-refractivity contribution in [3.8, 4) is 5.69 Å². The van der Waals surface area contributed by atoms with Crippen molar-refractivity contribution in [2.45, 2.75) is 45.6 Å². The van der Waals surface area contributed by atoms with Crippen LogP contribution in [0, 0.1) is 11.8 Å². The second kappa shape index (κ2) is 14.2. The number of hydrogen-bond donors (Lipinski definition) is 1. The molecule has 0 spiro atoms. The van der Waals surface area contributed by atoms with Gasteiger partial charge < -0.3 is 24.6 Å². The minimum absolute atomic E-state index is 0.120. The van der Waals surface area contributed by atoms with Crippen LogP contribution in [0.2, 0.25) is 5.02 Å². The highest BCUT2D eigenvalue weighted by Gasteiger charge is 2.37. The van der Waals surface area contributed by atoms with Crippen LogP contribution in [0.25, 0.3) is 5.69 Å². The van der Waals surface area contributed by atoms with Crippen LogP contribution in [0.3, 0.4) is 0 Å². The molecule has 2 aromatic rings. The Morgan fingerprint density at radius 2 is 1.92 bits per heavy atom. The first kappa shape index (κ1) is 29.5. The van der Waals surface area contributed by atoms with Gasteiger partial charge in [0, 0.05) is 57.5 Å². The van der Waals surface area contributed by atoms with E-state index in [9.17, 15) is 9.59 Å². The Bertz CT molecular complexity index is 1090. The maximum Gasteiger partial charge on any atom is 0.276 e. The van der Waals surface area contributed by atoms with E-state index < -0.39 is 0 Å². The number of benzene rings is 1. The van der Waals surface area contributed by atoms with Crippen molar-refractivity contribution in [1.29, 1.82) is 0 Å². The predicted octanol–water partition coefficient (Wildman–Crippen LogP) is 2.82. The smallest absolute Gasteiger partial charge is 0.276 e. The van der Waals surface area contributed by atoms with Crippen molar-refractivity contribution >= 4 is 23.4 Å². The molecule has 0 radical (unpaired) electrons. The number of morpholine rings is 1. The van der Waals surface area contributed by atoms with E-state index in [1.807, 2.05) is 21.9 Å². The molecular formula is C28H41ClN6O4. The zero-order valence-electron chi connectivity index (χ0n) is 23.3. The number of ether oxygens (including phenoxy) is 2. The highest BCUT2D eigenvalue weighted by molar-refractivity contribution is 6.30. The van der Waals surface area contributed by atoms with Gasteiger partial charge in [-0.05, 0) is 55.9 Å². The van der Waals surface area contributed by atoms with E-state index in [0.29, 0.717) is 76.1 Å². The largest absolute Gasteiger partial charge is 0.385 e. The summed E-state index contributed by atoms with van der Waals surface area (Å²) in [5, 5.41) is 12.9. The number of nitrogens with zero attached hydrogens (tertiary/aromatic N) is 5. The Kier molecular flexibility index (Phi) is 10.7. The normalized spacial score (nSPS) is 19.9. The number of amides is 2. The van der Waals surface area contributed by atoms with Crippen LogP contribution in [0.5, 0.6) is 0 Å². The number of nitrogens with one attached hydrogen (secondary N) is 1. The highest BCUT2D eigenvalue weighted by atomic mass is 35.5. The van der Waals surface area contributed by atoms with Crippen molar-refractivity contribution in [2.75, 3.05) is 59.7 Å². The highest BCUT2D eigenvalue weighted by Crippen LogP contribution is 2.24. The van der Waals surface area contributed by atoms with E-state index in [1.54, 1.807) is 23.9 Å². The van der Waals surface area contributed by atoms with E-state index in [-0.39, 0.29) is 29.7 Å². The number of carbonyl (C=O) groups is 2. The second-order valence-corrected chi connectivity index (χ2v) is 11.2. The quantitative estimate of drug-likeness (QED) is 0.422. The van der Waals surface area contributed by atoms with Gasteiger partial charge in [0.2, 0.25) is 5.91 Å². The maximum absolute atomic E-state index is 14.2. The lowest BCUT2D eigenvalue weighted by molar-refractivity contribution is -0.140. The molecule has 2 aliphatic rings. The fourth-order valence-electron chi connectivity index (χ4n) is 5.33. The summed E-state index contributed by atoms with van der Waals surface area (Å²) in [6.45, 7) is 9.06. The van der Waals surface area contributed by atoms with Gasteiger partial charge in [-0.2, -0.15) is 0 Å². The Hall–Kier alpha value is -2.53. The van der Waals surface area contributed by atoms with Crippen LogP contribution in [0.15, 0.2) is 24.3 Å². The summed E-state index contributed by atoms with van der Waals surface area (Å²) in [5.41, 5.74) is 1.94. The molecule has 2 atom stereocenters. The molecule has 0 aliphatic carbocycles. The van der Waals surface area contributed by atoms with Crippen LogP contribution in [0.1, 0.15) is 49.3 Å². The average Bonchev–Trinajstić information content (AvgIpc) is 3.38. The Balaban J connectivity index is 1.59. The van der Waals surface area contributed by atoms with Crippen molar-refractivity contribution in [3.63, 3.8) is 0 Å². The van der Waals surface area contributed by atoms with Gasteiger partial charge in [-0.1, -0.05) is 30.7 Å². The van der Waals surface area contributed by atoms with Gasteiger partial charge in [-0.25, -0.2) is 4.68 Å². The molecule has 1 N–H and O–H groups in total. The first-order valence-corrected chi connectivity index (χ1v) is 14.3. The first-order valence-electron chi connectivity index (χ1n) is 14.0. The number of hydrogen-bond acceptors (Lipinski definition) is 7. The molecule has 39 heavy (non-hydrogen) atoms. The lowest BCUT2D eigenvalue weighted by atomic mass is 9.92. The second-order valence-electron chi connectivity index (χ2n) is 10.8. The van der Waals surface area contributed by atoms with E-state index in [0.717, 1.165) is 24.2 Å². The topological polar surface area (TPSA) is 102 Å². The van der Waals surface area contributed by atoms with Crippen molar-refractivity contribution in [3.05, 3.63) is 40.7 Å². The van der Waals surface area contributed by atoms with Gasteiger partial charge in [-0.3, -0.25) is 9.59 Å². The molecule has 11 heteroatoms. The third kappa shape index (κ3) is 7.57. The van der Waals surface area contributed by atoms with Gasteiger partial charge in [0.05, 0.1) is 30.5 Å². The predicted molar refractivity (Wildman–Crippen MR) is 149 cm³/mol. The molecule has 2 saturated heterocycles. The summed E-state index contributed by atoms with van der Waals surface area (Å²) >= 11 is 6.11. The fourth-order valence-corrected chi connectivity index (χ4v) is 5.46. The Labute approximate surface area is 235 Å². The molecule has 214 valence electrons. The molecule has 0 unspecified atom stereocenters. The van der Waals surface area contributed by atoms with Gasteiger partial charge in [0.1, 0.15) is 0 Å². The molecule has 4 rings (SSSR count).